The Bertz CT molecular complexity index is 192. The van der Waals surface area contributed by atoms with Gasteiger partial charge in [-0.1, -0.05) is 11.8 Å². The molecule has 0 spiro atoms. The van der Waals surface area contributed by atoms with Crippen LogP contribution in [0.5, 0.6) is 0 Å². The molecule has 3 nitrogen and oxygen atoms in total. The first kappa shape index (κ1) is 7.58. The number of hydrogen-bond acceptors (Lipinski definition) is 4. The lowest BCUT2D eigenvalue weighted by atomic mass is 9.84. The first-order valence-corrected chi connectivity index (χ1v) is 4.65. The monoisotopic (exact) mass is 174 g/mol. The van der Waals surface area contributed by atoms with E-state index < -0.39 is 12.2 Å². The number of carbonyl (C=O) groups is 1. The van der Waals surface area contributed by atoms with Crippen molar-refractivity contribution in [1.29, 1.82) is 0 Å². The first-order valence-electron chi connectivity index (χ1n) is 3.77. The van der Waals surface area contributed by atoms with E-state index >= 15 is 0 Å². The summed E-state index contributed by atoms with van der Waals surface area (Å²) in [7, 11) is 0. The van der Waals surface area contributed by atoms with Gasteiger partial charge in [0, 0.05) is 5.25 Å². The first-order chi connectivity index (χ1) is 5.20. The Morgan fingerprint density at radius 3 is 2.45 bits per heavy atom. The van der Waals surface area contributed by atoms with Crippen molar-refractivity contribution in [2.45, 2.75) is 30.3 Å². The normalized spacial score (nSPS) is 49.8. The lowest BCUT2D eigenvalue weighted by Crippen LogP contribution is -2.52. The highest BCUT2D eigenvalue weighted by molar-refractivity contribution is 8.14. The van der Waals surface area contributed by atoms with E-state index in [-0.39, 0.29) is 16.3 Å². The molecule has 0 aromatic heterocycles. The molecule has 0 amide bonds. The van der Waals surface area contributed by atoms with Crippen LogP contribution in [0.4, 0.5) is 0 Å². The van der Waals surface area contributed by atoms with Gasteiger partial charge in [-0.3, -0.25) is 4.79 Å². The summed E-state index contributed by atoms with van der Waals surface area (Å²) < 4.78 is 0. The summed E-state index contributed by atoms with van der Waals surface area (Å²) in [6.45, 7) is 0. The maximum atomic E-state index is 11.1. The van der Waals surface area contributed by atoms with Gasteiger partial charge < -0.3 is 10.2 Å². The molecule has 3 rings (SSSR count). The van der Waals surface area contributed by atoms with E-state index in [1.54, 1.807) is 0 Å². The molecule has 0 radical (unpaired) electrons. The summed E-state index contributed by atoms with van der Waals surface area (Å²) in [4.78, 5) is 11.1. The second-order valence-electron chi connectivity index (χ2n) is 3.14. The Labute approximate surface area is 68.8 Å². The highest BCUT2D eigenvalue weighted by Gasteiger charge is 2.47. The second kappa shape index (κ2) is 2.47. The van der Waals surface area contributed by atoms with Crippen LogP contribution in [0.1, 0.15) is 12.8 Å². The van der Waals surface area contributed by atoms with E-state index in [1.807, 2.05) is 0 Å². The number of fused-ring (bicyclic) bond motifs is 3. The standard InChI is InChI=1S/C7H10O3S/c8-5-3-1-2-4(6(5)9)11-7(3)10/h3-6,8-9H,1-2H2. The molecule has 1 aliphatic carbocycles. The summed E-state index contributed by atoms with van der Waals surface area (Å²) in [5.41, 5.74) is 0. The summed E-state index contributed by atoms with van der Waals surface area (Å²) in [6.07, 6.45) is 0.118. The van der Waals surface area contributed by atoms with Crippen molar-refractivity contribution in [3.05, 3.63) is 0 Å². The van der Waals surface area contributed by atoms with Gasteiger partial charge in [0.15, 0.2) is 5.12 Å². The largest absolute Gasteiger partial charge is 0.390 e. The highest BCUT2D eigenvalue weighted by atomic mass is 32.2. The van der Waals surface area contributed by atoms with Crippen LogP contribution in [0.2, 0.25) is 0 Å². The van der Waals surface area contributed by atoms with Crippen molar-refractivity contribution in [3.8, 4) is 0 Å². The van der Waals surface area contributed by atoms with Gasteiger partial charge in [0.05, 0.1) is 18.1 Å². The van der Waals surface area contributed by atoms with Gasteiger partial charge in [-0.15, -0.1) is 0 Å². The van der Waals surface area contributed by atoms with Crippen LogP contribution < -0.4 is 0 Å². The summed E-state index contributed by atoms with van der Waals surface area (Å²) in [5.74, 6) is -0.306. The maximum Gasteiger partial charge on any atom is 0.195 e. The molecule has 1 saturated carbocycles. The van der Waals surface area contributed by atoms with Gasteiger partial charge in [0.2, 0.25) is 0 Å². The van der Waals surface area contributed by atoms with Crippen LogP contribution in [0.3, 0.4) is 0 Å². The average Bonchev–Trinajstić information content (AvgIpc) is 1.99. The molecule has 2 N–H and O–H groups in total. The zero-order valence-electron chi connectivity index (χ0n) is 5.93. The number of hydrogen-bond donors (Lipinski definition) is 2. The number of carbonyl (C=O) groups excluding carboxylic acids is 1. The summed E-state index contributed by atoms with van der Waals surface area (Å²) in [6, 6.07) is 0. The van der Waals surface area contributed by atoms with Crippen molar-refractivity contribution in [1.82, 2.24) is 0 Å². The molecule has 4 heteroatoms. The fourth-order valence-electron chi connectivity index (χ4n) is 1.77. The van der Waals surface area contributed by atoms with E-state index in [9.17, 15) is 15.0 Å². The Balaban J connectivity index is 2.23. The minimum absolute atomic E-state index is 0.0532. The van der Waals surface area contributed by atoms with Crippen molar-refractivity contribution in [3.63, 3.8) is 0 Å². The number of thioether (sulfide) groups is 1. The molecule has 4 atom stereocenters. The van der Waals surface area contributed by atoms with E-state index in [0.717, 1.165) is 12.8 Å². The fourth-order valence-corrected chi connectivity index (χ4v) is 3.05. The molecule has 4 unspecified atom stereocenters. The third-order valence-corrected chi connectivity index (χ3v) is 3.83. The highest BCUT2D eigenvalue weighted by Crippen LogP contribution is 2.42. The van der Waals surface area contributed by atoms with Crippen molar-refractivity contribution < 1.29 is 15.0 Å². The topological polar surface area (TPSA) is 57.5 Å². The molecule has 11 heavy (non-hydrogen) atoms. The summed E-state index contributed by atoms with van der Waals surface area (Å²) in [5, 5.41) is 18.7. The molecule has 0 aromatic carbocycles. The van der Waals surface area contributed by atoms with Crippen molar-refractivity contribution in [2.75, 3.05) is 0 Å². The van der Waals surface area contributed by atoms with Crippen molar-refractivity contribution in [2.24, 2.45) is 5.92 Å². The van der Waals surface area contributed by atoms with Crippen LogP contribution >= 0.6 is 11.8 Å². The Hall–Kier alpha value is -0.0600. The van der Waals surface area contributed by atoms with Gasteiger partial charge >= 0.3 is 0 Å². The quantitative estimate of drug-likeness (QED) is 0.532. The molecule has 3 aliphatic rings. The van der Waals surface area contributed by atoms with E-state index in [1.165, 1.54) is 11.8 Å². The second-order valence-corrected chi connectivity index (χ2v) is 4.38. The Morgan fingerprint density at radius 1 is 1.27 bits per heavy atom. The van der Waals surface area contributed by atoms with Gasteiger partial charge in [-0.2, -0.15) is 0 Å². The number of aliphatic hydroxyl groups is 2. The lowest BCUT2D eigenvalue weighted by Gasteiger charge is -2.41. The molecule has 2 heterocycles. The summed E-state index contributed by atoms with van der Waals surface area (Å²) >= 11 is 1.20. The predicted molar refractivity (Wildman–Crippen MR) is 41.1 cm³/mol. The van der Waals surface area contributed by atoms with Crippen molar-refractivity contribution >= 4 is 16.9 Å². The molecule has 0 aromatic rings. The van der Waals surface area contributed by atoms with Gasteiger partial charge in [-0.25, -0.2) is 0 Å². The minimum atomic E-state index is -0.803. The average molecular weight is 174 g/mol. The molecular formula is C7H10O3S. The molecule has 2 aliphatic heterocycles. The lowest BCUT2D eigenvalue weighted by molar-refractivity contribution is -0.126. The SMILES string of the molecule is O=C1SC2CCC1C(O)C2O. The van der Waals surface area contributed by atoms with E-state index in [2.05, 4.69) is 0 Å². The van der Waals surface area contributed by atoms with Crippen LogP contribution in [0.25, 0.3) is 0 Å². The van der Waals surface area contributed by atoms with E-state index in [4.69, 9.17) is 0 Å². The fraction of sp³-hybridized carbons (Fsp3) is 0.857. The molecule has 2 saturated heterocycles. The molecular weight excluding hydrogens is 164 g/mol. The van der Waals surface area contributed by atoms with Crippen LogP contribution in [-0.4, -0.2) is 32.8 Å². The zero-order valence-corrected chi connectivity index (χ0v) is 6.75. The maximum absolute atomic E-state index is 11.1. The van der Waals surface area contributed by atoms with Gasteiger partial charge in [-0.05, 0) is 12.8 Å². The number of rotatable bonds is 0. The Kier molecular flexibility index (Phi) is 1.70. The molecule has 62 valence electrons. The third kappa shape index (κ3) is 1.01. The van der Waals surface area contributed by atoms with Gasteiger partial charge in [0.1, 0.15) is 0 Å². The number of aliphatic hydroxyl groups excluding tert-OH is 2. The van der Waals surface area contributed by atoms with Gasteiger partial charge in [0.25, 0.3) is 0 Å². The smallest absolute Gasteiger partial charge is 0.195 e. The zero-order chi connectivity index (χ0) is 8.01. The predicted octanol–water partition coefficient (Wildman–Crippen LogP) is -0.240. The minimum Gasteiger partial charge on any atom is -0.390 e. The van der Waals surface area contributed by atoms with E-state index in [0.29, 0.717) is 0 Å². The Morgan fingerprint density at radius 2 is 2.00 bits per heavy atom. The van der Waals surface area contributed by atoms with Crippen LogP contribution in [0.15, 0.2) is 0 Å². The van der Waals surface area contributed by atoms with Crippen LogP contribution in [-0.2, 0) is 4.79 Å². The molecule has 2 bridgehead atoms. The third-order valence-electron chi connectivity index (χ3n) is 2.48. The van der Waals surface area contributed by atoms with Crippen LogP contribution in [0, 0.1) is 5.92 Å². The molecule has 3 fully saturated rings.